The lowest BCUT2D eigenvalue weighted by Crippen LogP contribution is -2.10. The summed E-state index contributed by atoms with van der Waals surface area (Å²) in [6.45, 7) is 0.229. The molecule has 0 atom stereocenters. The number of hydrogen-bond donors (Lipinski definition) is 2. The molecule has 0 amide bonds. The van der Waals surface area contributed by atoms with E-state index in [-0.39, 0.29) is 6.61 Å². The zero-order chi connectivity index (χ0) is 14.7. The molecule has 106 valence electrons. The number of nitrogens with zero attached hydrogens (tertiary/aromatic N) is 1. The number of pyridine rings is 1. The fourth-order valence-electron chi connectivity index (χ4n) is 1.47. The van der Waals surface area contributed by atoms with Gasteiger partial charge in [0.2, 0.25) is 0 Å². The van der Waals surface area contributed by atoms with Crippen molar-refractivity contribution < 1.29 is 4.74 Å². The number of nitrogens with two attached hydrogens (primary N) is 1. The summed E-state index contributed by atoms with van der Waals surface area (Å²) < 4.78 is 8.34. The Labute approximate surface area is 146 Å². The van der Waals surface area contributed by atoms with Crippen molar-refractivity contribution in [2.45, 2.75) is 6.61 Å². The molecular weight excluding hydrogens is 477 g/mol. The second-order valence-corrected chi connectivity index (χ2v) is 6.79. The van der Waals surface area contributed by atoms with Crippen molar-refractivity contribution in [1.82, 2.24) is 4.98 Å². The Morgan fingerprint density at radius 3 is 2.45 bits per heavy atom. The van der Waals surface area contributed by atoms with Gasteiger partial charge in [-0.2, -0.15) is 0 Å². The number of hydrazine groups is 1. The number of aromatic nitrogens is 1. The minimum atomic E-state index is 0.229. The van der Waals surface area contributed by atoms with Crippen LogP contribution in [0.3, 0.4) is 0 Å². The molecule has 0 fully saturated rings. The Morgan fingerprint density at radius 2 is 1.85 bits per heavy atom. The van der Waals surface area contributed by atoms with Crippen molar-refractivity contribution in [1.29, 1.82) is 0 Å². The van der Waals surface area contributed by atoms with Gasteiger partial charge in [0.15, 0.2) is 0 Å². The highest BCUT2D eigenvalue weighted by Gasteiger charge is 2.11. The Kier molecular flexibility index (Phi) is 5.68. The van der Waals surface area contributed by atoms with E-state index >= 15 is 0 Å². The number of nitrogens with one attached hydrogen (secondary N) is 1. The predicted molar refractivity (Wildman–Crippen MR) is 90.9 cm³/mol. The first kappa shape index (κ1) is 16.0. The average Bonchev–Trinajstić information content (AvgIpc) is 2.39. The van der Waals surface area contributed by atoms with Gasteiger partial charge in [-0.3, -0.25) is 0 Å². The molecule has 0 aliphatic rings. The van der Waals surface area contributed by atoms with Crippen molar-refractivity contribution in [2.24, 2.45) is 5.84 Å². The van der Waals surface area contributed by atoms with Gasteiger partial charge in [-0.1, -0.05) is 27.5 Å². The van der Waals surface area contributed by atoms with Crippen LogP contribution in [0.4, 0.5) is 5.82 Å². The SMILES string of the molecule is NNc1ccc(Cl)c(COc2c(Br)cc(Br)cc2Br)n1. The first-order valence-corrected chi connectivity index (χ1v) is 8.16. The summed E-state index contributed by atoms with van der Waals surface area (Å²) in [4.78, 5) is 4.25. The number of nitrogen functional groups attached to an aromatic ring is 1. The molecule has 0 saturated heterocycles. The molecule has 0 saturated carbocycles. The van der Waals surface area contributed by atoms with Crippen molar-refractivity contribution in [2.75, 3.05) is 5.43 Å². The third-order valence-electron chi connectivity index (χ3n) is 2.38. The van der Waals surface area contributed by atoms with E-state index in [1.807, 2.05) is 12.1 Å². The van der Waals surface area contributed by atoms with Crippen LogP contribution in [0.15, 0.2) is 37.7 Å². The van der Waals surface area contributed by atoms with Gasteiger partial charge in [0, 0.05) is 4.47 Å². The third-order valence-corrected chi connectivity index (χ3v) is 4.36. The summed E-state index contributed by atoms with van der Waals surface area (Å²) >= 11 is 16.4. The zero-order valence-electron chi connectivity index (χ0n) is 9.96. The van der Waals surface area contributed by atoms with Crippen LogP contribution in [0.1, 0.15) is 5.69 Å². The van der Waals surface area contributed by atoms with E-state index in [1.165, 1.54) is 0 Å². The lowest BCUT2D eigenvalue weighted by molar-refractivity contribution is 0.297. The summed E-state index contributed by atoms with van der Waals surface area (Å²) in [5.74, 6) is 6.53. The molecule has 1 heterocycles. The lowest BCUT2D eigenvalue weighted by Gasteiger charge is -2.12. The van der Waals surface area contributed by atoms with E-state index < -0.39 is 0 Å². The normalized spacial score (nSPS) is 10.4. The summed E-state index contributed by atoms with van der Waals surface area (Å²) in [6.07, 6.45) is 0. The number of benzene rings is 1. The third kappa shape index (κ3) is 3.85. The molecule has 0 unspecified atom stereocenters. The first-order chi connectivity index (χ1) is 9.51. The van der Waals surface area contributed by atoms with Crippen molar-refractivity contribution >= 4 is 65.2 Å². The minimum absolute atomic E-state index is 0.229. The molecule has 0 spiro atoms. The molecule has 2 aromatic rings. The topological polar surface area (TPSA) is 60.2 Å². The smallest absolute Gasteiger partial charge is 0.148 e. The zero-order valence-corrected chi connectivity index (χ0v) is 15.5. The van der Waals surface area contributed by atoms with Crippen LogP contribution >= 0.6 is 59.4 Å². The lowest BCUT2D eigenvalue weighted by atomic mass is 10.3. The Morgan fingerprint density at radius 1 is 1.20 bits per heavy atom. The molecular formula is C12H9Br3ClN3O. The monoisotopic (exact) mass is 483 g/mol. The van der Waals surface area contributed by atoms with Crippen LogP contribution in [-0.4, -0.2) is 4.98 Å². The van der Waals surface area contributed by atoms with E-state index in [2.05, 4.69) is 58.2 Å². The number of halogens is 4. The Bertz CT molecular complexity index is 616. The van der Waals surface area contributed by atoms with Crippen LogP contribution in [-0.2, 0) is 6.61 Å². The second-order valence-electron chi connectivity index (χ2n) is 3.76. The van der Waals surface area contributed by atoms with Gasteiger partial charge in [-0.15, -0.1) is 0 Å². The van der Waals surface area contributed by atoms with E-state index in [0.29, 0.717) is 22.3 Å². The molecule has 4 nitrogen and oxygen atoms in total. The standard InChI is InChI=1S/C12H9Br3ClN3O/c13-6-3-7(14)12(8(15)4-6)20-5-10-9(16)1-2-11(18-10)19-17/h1-4H,5,17H2,(H,18,19). The van der Waals surface area contributed by atoms with Crippen LogP contribution in [0.25, 0.3) is 0 Å². The van der Waals surface area contributed by atoms with Crippen LogP contribution in [0.5, 0.6) is 5.75 Å². The highest BCUT2D eigenvalue weighted by Crippen LogP contribution is 2.37. The quantitative estimate of drug-likeness (QED) is 0.478. The van der Waals surface area contributed by atoms with Crippen molar-refractivity contribution in [3.63, 3.8) is 0 Å². The molecule has 0 aliphatic heterocycles. The van der Waals surface area contributed by atoms with Gasteiger partial charge in [-0.25, -0.2) is 10.8 Å². The van der Waals surface area contributed by atoms with Gasteiger partial charge in [0.1, 0.15) is 18.2 Å². The van der Waals surface area contributed by atoms with E-state index in [0.717, 1.165) is 13.4 Å². The van der Waals surface area contributed by atoms with E-state index in [1.54, 1.807) is 12.1 Å². The predicted octanol–water partition coefficient (Wildman–Crippen LogP) is 4.89. The highest BCUT2D eigenvalue weighted by atomic mass is 79.9. The molecule has 0 bridgehead atoms. The molecule has 1 aromatic heterocycles. The summed E-state index contributed by atoms with van der Waals surface area (Å²) in [5.41, 5.74) is 3.07. The second kappa shape index (κ2) is 7.09. The maximum atomic E-state index is 6.08. The molecule has 8 heteroatoms. The number of hydrogen-bond acceptors (Lipinski definition) is 4. The van der Waals surface area contributed by atoms with Gasteiger partial charge in [0.05, 0.1) is 19.7 Å². The molecule has 3 N–H and O–H groups in total. The van der Waals surface area contributed by atoms with Crippen molar-refractivity contribution in [3.8, 4) is 5.75 Å². The van der Waals surface area contributed by atoms with E-state index in [9.17, 15) is 0 Å². The highest BCUT2D eigenvalue weighted by molar-refractivity contribution is 9.11. The van der Waals surface area contributed by atoms with Crippen LogP contribution in [0.2, 0.25) is 5.02 Å². The van der Waals surface area contributed by atoms with Gasteiger partial charge in [-0.05, 0) is 56.1 Å². The van der Waals surface area contributed by atoms with E-state index in [4.69, 9.17) is 22.2 Å². The summed E-state index contributed by atoms with van der Waals surface area (Å²) in [7, 11) is 0. The van der Waals surface area contributed by atoms with Crippen LogP contribution < -0.4 is 16.0 Å². The first-order valence-electron chi connectivity index (χ1n) is 5.40. The maximum absolute atomic E-state index is 6.08. The van der Waals surface area contributed by atoms with Crippen LogP contribution in [0, 0.1) is 0 Å². The number of rotatable bonds is 4. The number of anilines is 1. The maximum Gasteiger partial charge on any atom is 0.148 e. The largest absolute Gasteiger partial charge is 0.485 e. The Balaban J connectivity index is 2.21. The number of ether oxygens (including phenoxy) is 1. The van der Waals surface area contributed by atoms with Crippen molar-refractivity contribution in [3.05, 3.63) is 48.4 Å². The fraction of sp³-hybridized carbons (Fsp3) is 0.0833. The van der Waals surface area contributed by atoms with Gasteiger partial charge >= 0.3 is 0 Å². The minimum Gasteiger partial charge on any atom is -0.485 e. The molecule has 2 rings (SSSR count). The summed E-state index contributed by atoms with van der Waals surface area (Å²) in [6, 6.07) is 7.20. The van der Waals surface area contributed by atoms with Gasteiger partial charge < -0.3 is 10.2 Å². The molecule has 20 heavy (non-hydrogen) atoms. The Hall–Kier alpha value is -0.340. The molecule has 0 aliphatic carbocycles. The average molecular weight is 486 g/mol. The molecule has 1 aromatic carbocycles. The fourth-order valence-corrected chi connectivity index (χ4v) is 4.12. The van der Waals surface area contributed by atoms with Gasteiger partial charge in [0.25, 0.3) is 0 Å². The molecule has 0 radical (unpaired) electrons. The summed E-state index contributed by atoms with van der Waals surface area (Å²) in [5, 5.41) is 0.522.